The van der Waals surface area contributed by atoms with E-state index in [1.807, 2.05) is 0 Å². The molecule has 0 unspecified atom stereocenters. The Balaban J connectivity index is 2.41. The van der Waals surface area contributed by atoms with Crippen LogP contribution in [0.15, 0.2) is 36.5 Å². The van der Waals surface area contributed by atoms with Crippen LogP contribution in [0.2, 0.25) is 0 Å². The topological polar surface area (TPSA) is 78.0 Å². The Hall–Kier alpha value is -2.80. The highest BCUT2D eigenvalue weighted by Gasteiger charge is 2.25. The molecule has 1 aromatic carbocycles. The van der Waals surface area contributed by atoms with E-state index in [-0.39, 0.29) is 12.1 Å². The van der Waals surface area contributed by atoms with Crippen LogP contribution < -0.4 is 14.4 Å². The van der Waals surface area contributed by atoms with Gasteiger partial charge in [-0.25, -0.2) is 9.78 Å². The first-order chi connectivity index (χ1) is 13.1. The van der Waals surface area contributed by atoms with Crippen LogP contribution >= 0.6 is 11.6 Å². The van der Waals surface area contributed by atoms with Crippen LogP contribution in [0.25, 0.3) is 0 Å². The van der Waals surface area contributed by atoms with Crippen molar-refractivity contribution in [2.75, 3.05) is 19.1 Å². The number of pyridine rings is 1. The van der Waals surface area contributed by atoms with Crippen molar-refractivity contribution in [3.05, 3.63) is 47.7 Å². The highest BCUT2D eigenvalue weighted by molar-refractivity contribution is 6.67. The smallest absolute Gasteiger partial charge is 0.416 e. The fourth-order valence-corrected chi connectivity index (χ4v) is 2.48. The van der Waals surface area contributed by atoms with Crippen LogP contribution in [0.4, 0.5) is 10.6 Å². The number of hydrogen-bond donors (Lipinski definition) is 0. The van der Waals surface area contributed by atoms with Crippen molar-refractivity contribution in [3.63, 3.8) is 0 Å². The van der Waals surface area contributed by atoms with Gasteiger partial charge in [-0.2, -0.15) is 0 Å². The van der Waals surface area contributed by atoms with Crippen molar-refractivity contribution in [1.29, 1.82) is 0 Å². The van der Waals surface area contributed by atoms with E-state index < -0.39 is 16.9 Å². The molecule has 1 amide bonds. The third kappa shape index (κ3) is 5.60. The first kappa shape index (κ1) is 21.5. The third-order valence-electron chi connectivity index (χ3n) is 3.69. The number of benzene rings is 1. The average molecular weight is 407 g/mol. The Morgan fingerprint density at radius 2 is 1.82 bits per heavy atom. The molecule has 0 radical (unpaired) electrons. The molecule has 0 aliphatic heterocycles. The van der Waals surface area contributed by atoms with Gasteiger partial charge in [-0.05, 0) is 56.6 Å². The molecule has 2 rings (SSSR count). The van der Waals surface area contributed by atoms with Crippen molar-refractivity contribution in [1.82, 2.24) is 4.98 Å². The van der Waals surface area contributed by atoms with Crippen molar-refractivity contribution < 1.29 is 23.8 Å². The van der Waals surface area contributed by atoms with Gasteiger partial charge in [0.15, 0.2) is 0 Å². The zero-order valence-corrected chi connectivity index (χ0v) is 17.2. The molecule has 0 N–H and O–H groups in total. The van der Waals surface area contributed by atoms with Crippen molar-refractivity contribution in [2.24, 2.45) is 0 Å². The van der Waals surface area contributed by atoms with Crippen LogP contribution in [0.3, 0.4) is 0 Å². The van der Waals surface area contributed by atoms with Crippen molar-refractivity contribution in [2.45, 2.75) is 32.9 Å². The first-order valence-corrected chi connectivity index (χ1v) is 8.89. The van der Waals surface area contributed by atoms with Gasteiger partial charge >= 0.3 is 6.09 Å². The predicted octanol–water partition coefficient (Wildman–Crippen LogP) is 4.42. The van der Waals surface area contributed by atoms with E-state index in [1.54, 1.807) is 46.1 Å². The van der Waals surface area contributed by atoms with Crippen LogP contribution in [0.1, 0.15) is 36.7 Å². The van der Waals surface area contributed by atoms with Gasteiger partial charge < -0.3 is 14.2 Å². The minimum Gasteiger partial charge on any atom is -0.497 e. The van der Waals surface area contributed by atoms with Gasteiger partial charge in [0, 0.05) is 17.8 Å². The van der Waals surface area contributed by atoms with E-state index in [9.17, 15) is 9.59 Å². The molecular weight excluding hydrogens is 384 g/mol. The zero-order chi connectivity index (χ0) is 20.9. The third-order valence-corrected chi connectivity index (χ3v) is 3.91. The molecule has 8 heteroatoms. The van der Waals surface area contributed by atoms with Crippen LogP contribution in [-0.4, -0.2) is 36.1 Å². The van der Waals surface area contributed by atoms with E-state index in [4.69, 9.17) is 25.8 Å². The van der Waals surface area contributed by atoms with Gasteiger partial charge in [0.05, 0.1) is 26.3 Å². The maximum atomic E-state index is 12.8. The predicted molar refractivity (Wildman–Crippen MR) is 106 cm³/mol. The first-order valence-electron chi connectivity index (χ1n) is 8.52. The summed E-state index contributed by atoms with van der Waals surface area (Å²) in [6.45, 7) is 5.47. The molecule has 0 fully saturated rings. The number of rotatable bonds is 6. The molecule has 0 aliphatic carbocycles. The van der Waals surface area contributed by atoms with Gasteiger partial charge in [-0.1, -0.05) is 0 Å². The number of carbonyl (C=O) groups is 2. The Labute approximate surface area is 169 Å². The number of nitrogens with zero attached hydrogens (tertiary/aromatic N) is 2. The molecule has 7 nitrogen and oxygen atoms in total. The monoisotopic (exact) mass is 406 g/mol. The Morgan fingerprint density at radius 1 is 1.11 bits per heavy atom. The minimum absolute atomic E-state index is 0.142. The normalized spacial score (nSPS) is 10.9. The lowest BCUT2D eigenvalue weighted by Crippen LogP contribution is -2.37. The maximum absolute atomic E-state index is 12.8. The lowest BCUT2D eigenvalue weighted by atomic mass is 10.1. The highest BCUT2D eigenvalue weighted by Crippen LogP contribution is 2.28. The summed E-state index contributed by atoms with van der Waals surface area (Å²) in [5.41, 5.74) is 0.274. The molecule has 1 heterocycles. The number of aromatic nitrogens is 1. The molecule has 1 aromatic heterocycles. The zero-order valence-electron chi connectivity index (χ0n) is 16.5. The number of methoxy groups -OCH3 is 2. The molecule has 2 aromatic rings. The second-order valence-electron chi connectivity index (χ2n) is 6.92. The second-order valence-corrected chi connectivity index (χ2v) is 7.27. The van der Waals surface area contributed by atoms with Gasteiger partial charge in [-0.3, -0.25) is 9.69 Å². The molecule has 0 bridgehead atoms. The number of anilines is 1. The Morgan fingerprint density at radius 3 is 2.32 bits per heavy atom. The van der Waals surface area contributed by atoms with Crippen LogP contribution in [-0.2, 0) is 11.3 Å². The fourth-order valence-electron chi connectivity index (χ4n) is 2.37. The summed E-state index contributed by atoms with van der Waals surface area (Å²) in [5.74, 6) is 1.50. The molecular formula is C20H23ClN2O5. The average Bonchev–Trinajstić information content (AvgIpc) is 2.64. The molecule has 0 spiro atoms. The SMILES string of the molecule is COc1ccc(CN(C(=O)OC(C)(C)C)c2ccc(C(=O)Cl)cn2)c(OC)c1. The van der Waals surface area contributed by atoms with Crippen LogP contribution in [0, 0.1) is 0 Å². The van der Waals surface area contributed by atoms with E-state index >= 15 is 0 Å². The minimum atomic E-state index is -0.689. The summed E-state index contributed by atoms with van der Waals surface area (Å²) in [6.07, 6.45) is 0.732. The summed E-state index contributed by atoms with van der Waals surface area (Å²) in [4.78, 5) is 29.6. The van der Waals surface area contributed by atoms with E-state index in [0.717, 1.165) is 5.56 Å². The van der Waals surface area contributed by atoms with Crippen LogP contribution in [0.5, 0.6) is 11.5 Å². The van der Waals surface area contributed by atoms with Gasteiger partial charge in [0.25, 0.3) is 5.24 Å². The van der Waals surface area contributed by atoms with E-state index in [1.165, 1.54) is 30.3 Å². The number of amides is 1. The summed E-state index contributed by atoms with van der Waals surface area (Å²) >= 11 is 5.47. The number of hydrogen-bond acceptors (Lipinski definition) is 6. The van der Waals surface area contributed by atoms with Crippen molar-refractivity contribution in [3.8, 4) is 11.5 Å². The Bertz CT molecular complexity index is 847. The molecule has 0 aliphatic rings. The Kier molecular flexibility index (Phi) is 6.85. The van der Waals surface area contributed by atoms with Gasteiger partial charge in [0.2, 0.25) is 0 Å². The van der Waals surface area contributed by atoms with E-state index in [0.29, 0.717) is 17.3 Å². The van der Waals surface area contributed by atoms with Crippen molar-refractivity contribution >= 4 is 28.8 Å². The lowest BCUT2D eigenvalue weighted by molar-refractivity contribution is 0.0576. The largest absolute Gasteiger partial charge is 0.497 e. The lowest BCUT2D eigenvalue weighted by Gasteiger charge is -2.27. The fraction of sp³-hybridized carbons (Fsp3) is 0.350. The summed E-state index contributed by atoms with van der Waals surface area (Å²) in [5, 5.41) is -0.625. The summed E-state index contributed by atoms with van der Waals surface area (Å²) in [6, 6.07) is 8.33. The molecule has 150 valence electrons. The maximum Gasteiger partial charge on any atom is 0.416 e. The van der Waals surface area contributed by atoms with Gasteiger partial charge in [-0.15, -0.1) is 0 Å². The summed E-state index contributed by atoms with van der Waals surface area (Å²) < 4.78 is 16.1. The van der Waals surface area contributed by atoms with Gasteiger partial charge in [0.1, 0.15) is 22.9 Å². The second kappa shape index (κ2) is 8.93. The molecule has 0 saturated heterocycles. The standard InChI is InChI=1S/C20H23ClN2O5/c1-20(2,3)28-19(25)23(17-9-7-13(11-22-17)18(21)24)12-14-6-8-15(26-4)10-16(14)27-5/h6-11H,12H2,1-5H3. The number of halogens is 1. The molecule has 28 heavy (non-hydrogen) atoms. The number of ether oxygens (including phenoxy) is 3. The van der Waals surface area contributed by atoms with E-state index in [2.05, 4.69) is 4.98 Å². The quantitative estimate of drug-likeness (QED) is 0.661. The summed E-state index contributed by atoms with van der Waals surface area (Å²) in [7, 11) is 3.10. The highest BCUT2D eigenvalue weighted by atomic mass is 35.5. The number of carbonyl (C=O) groups excluding carboxylic acids is 2. The molecule has 0 saturated carbocycles. The molecule has 0 atom stereocenters.